The second-order valence-corrected chi connectivity index (χ2v) is 8.73. The summed E-state index contributed by atoms with van der Waals surface area (Å²) in [5.41, 5.74) is 0.0431. The second-order valence-electron chi connectivity index (χ2n) is 7.56. The number of hydrogen-bond acceptors (Lipinski definition) is 3. The average molecular weight is 442 g/mol. The van der Waals surface area contributed by atoms with E-state index in [-0.39, 0.29) is 17.5 Å². The van der Waals surface area contributed by atoms with E-state index in [0.29, 0.717) is 19.6 Å². The van der Waals surface area contributed by atoms with Crippen LogP contribution in [0.4, 0.5) is 4.79 Å². The van der Waals surface area contributed by atoms with Crippen LogP contribution in [-0.4, -0.2) is 52.6 Å². The maximum absolute atomic E-state index is 13.0. The summed E-state index contributed by atoms with van der Waals surface area (Å²) in [6.07, 6.45) is 1.61. The molecule has 1 aromatic carbocycles. The SMILES string of the molecule is CC(C)(C)OC(=O)N1CCN(C(=O)c2ccccc2I)C2(CC2)C1. The number of carbonyl (C=O) groups is 2. The van der Waals surface area contributed by atoms with Crippen LogP contribution < -0.4 is 0 Å². The van der Waals surface area contributed by atoms with E-state index in [1.54, 1.807) is 4.90 Å². The fourth-order valence-corrected chi connectivity index (χ4v) is 3.75. The molecule has 3 rings (SSSR count). The third-order valence-electron chi connectivity index (χ3n) is 4.48. The summed E-state index contributed by atoms with van der Waals surface area (Å²) < 4.78 is 6.44. The Kier molecular flexibility index (Phi) is 4.53. The molecule has 0 N–H and O–H groups in total. The zero-order valence-electron chi connectivity index (χ0n) is 14.3. The van der Waals surface area contributed by atoms with E-state index in [1.165, 1.54) is 0 Å². The van der Waals surface area contributed by atoms with E-state index < -0.39 is 5.60 Å². The Morgan fingerprint density at radius 3 is 2.42 bits per heavy atom. The summed E-state index contributed by atoms with van der Waals surface area (Å²) in [5, 5.41) is 0. The van der Waals surface area contributed by atoms with Crippen molar-refractivity contribution in [2.75, 3.05) is 19.6 Å². The smallest absolute Gasteiger partial charge is 0.410 e. The van der Waals surface area contributed by atoms with Crippen molar-refractivity contribution < 1.29 is 14.3 Å². The maximum Gasteiger partial charge on any atom is 0.410 e. The first-order valence-electron chi connectivity index (χ1n) is 8.26. The van der Waals surface area contributed by atoms with Gasteiger partial charge in [0.25, 0.3) is 5.91 Å². The molecule has 1 saturated heterocycles. The summed E-state index contributed by atoms with van der Waals surface area (Å²) in [7, 11) is 0. The summed E-state index contributed by atoms with van der Waals surface area (Å²) >= 11 is 2.20. The molecule has 0 bridgehead atoms. The first-order valence-corrected chi connectivity index (χ1v) is 9.34. The van der Waals surface area contributed by atoms with Crippen LogP contribution >= 0.6 is 22.6 Å². The number of carbonyl (C=O) groups excluding carboxylic acids is 2. The molecule has 1 aliphatic heterocycles. The summed E-state index contributed by atoms with van der Waals surface area (Å²) in [6, 6.07) is 7.66. The monoisotopic (exact) mass is 442 g/mol. The normalized spacial score (nSPS) is 19.3. The van der Waals surface area contributed by atoms with Crippen molar-refractivity contribution in [1.29, 1.82) is 0 Å². The topological polar surface area (TPSA) is 49.9 Å². The second kappa shape index (κ2) is 6.20. The van der Waals surface area contributed by atoms with Gasteiger partial charge in [0.1, 0.15) is 5.60 Å². The lowest BCUT2D eigenvalue weighted by atomic mass is 10.1. The highest BCUT2D eigenvalue weighted by molar-refractivity contribution is 14.1. The predicted molar refractivity (Wildman–Crippen MR) is 100.0 cm³/mol. The van der Waals surface area contributed by atoms with Crippen LogP contribution in [0.1, 0.15) is 44.0 Å². The Morgan fingerprint density at radius 1 is 1.17 bits per heavy atom. The van der Waals surface area contributed by atoms with E-state index in [4.69, 9.17) is 4.74 Å². The molecule has 2 fully saturated rings. The maximum atomic E-state index is 13.0. The molecule has 1 saturated carbocycles. The number of amides is 2. The fourth-order valence-electron chi connectivity index (χ4n) is 3.13. The minimum atomic E-state index is -0.499. The molecule has 0 atom stereocenters. The lowest BCUT2D eigenvalue weighted by Crippen LogP contribution is -2.58. The van der Waals surface area contributed by atoms with Gasteiger partial charge < -0.3 is 14.5 Å². The number of rotatable bonds is 1. The highest BCUT2D eigenvalue weighted by atomic mass is 127. The fraction of sp³-hybridized carbons (Fsp3) is 0.556. The van der Waals surface area contributed by atoms with E-state index in [0.717, 1.165) is 22.0 Å². The number of halogens is 1. The van der Waals surface area contributed by atoms with Crippen molar-refractivity contribution in [2.45, 2.75) is 44.8 Å². The molecule has 0 radical (unpaired) electrons. The van der Waals surface area contributed by atoms with Crippen molar-refractivity contribution in [1.82, 2.24) is 9.80 Å². The molecule has 130 valence electrons. The van der Waals surface area contributed by atoms with Crippen LogP contribution in [0.2, 0.25) is 0 Å². The Hall–Kier alpha value is -1.31. The average Bonchev–Trinajstić information content (AvgIpc) is 3.25. The molecule has 1 heterocycles. The van der Waals surface area contributed by atoms with Gasteiger partial charge >= 0.3 is 6.09 Å². The molecule has 2 aliphatic rings. The lowest BCUT2D eigenvalue weighted by molar-refractivity contribution is 0.000610. The van der Waals surface area contributed by atoms with Gasteiger partial charge in [-0.1, -0.05) is 12.1 Å². The molecule has 1 spiro atoms. The largest absolute Gasteiger partial charge is 0.444 e. The van der Waals surface area contributed by atoms with E-state index >= 15 is 0 Å². The number of hydrogen-bond donors (Lipinski definition) is 0. The van der Waals surface area contributed by atoms with Gasteiger partial charge in [0.2, 0.25) is 0 Å². The van der Waals surface area contributed by atoms with Crippen molar-refractivity contribution >= 4 is 34.6 Å². The van der Waals surface area contributed by atoms with Crippen LogP contribution in [-0.2, 0) is 4.74 Å². The number of piperazine rings is 1. The zero-order chi connectivity index (χ0) is 17.5. The quantitative estimate of drug-likeness (QED) is 0.626. The highest BCUT2D eigenvalue weighted by Gasteiger charge is 2.54. The zero-order valence-corrected chi connectivity index (χ0v) is 16.5. The van der Waals surface area contributed by atoms with Gasteiger partial charge in [-0.25, -0.2) is 4.79 Å². The van der Waals surface area contributed by atoms with Gasteiger partial charge in [-0.3, -0.25) is 4.79 Å². The Balaban J connectivity index is 1.73. The van der Waals surface area contributed by atoms with Gasteiger partial charge in [0.15, 0.2) is 0 Å². The molecule has 0 aromatic heterocycles. The van der Waals surface area contributed by atoms with Crippen molar-refractivity contribution in [3.63, 3.8) is 0 Å². The third kappa shape index (κ3) is 3.53. The van der Waals surface area contributed by atoms with Crippen LogP contribution in [0, 0.1) is 3.57 Å². The van der Waals surface area contributed by atoms with Gasteiger partial charge in [-0.15, -0.1) is 0 Å². The molecule has 5 nitrogen and oxygen atoms in total. The highest BCUT2D eigenvalue weighted by Crippen LogP contribution is 2.45. The summed E-state index contributed by atoms with van der Waals surface area (Å²) in [6.45, 7) is 7.25. The lowest BCUT2D eigenvalue weighted by Gasteiger charge is -2.42. The molecule has 6 heteroatoms. The number of nitrogens with zero attached hydrogens (tertiary/aromatic N) is 2. The standard InChI is InChI=1S/C18H23IN2O3/c1-17(2,3)24-16(23)20-10-11-21(18(12-20)8-9-18)15(22)13-6-4-5-7-14(13)19/h4-7H,8-12H2,1-3H3. The first kappa shape index (κ1) is 17.5. The number of benzene rings is 1. The number of ether oxygens (including phenoxy) is 1. The third-order valence-corrected chi connectivity index (χ3v) is 5.42. The van der Waals surface area contributed by atoms with Gasteiger partial charge in [-0.05, 0) is 68.3 Å². The van der Waals surface area contributed by atoms with E-state index in [2.05, 4.69) is 22.6 Å². The molecule has 2 amide bonds. The van der Waals surface area contributed by atoms with E-state index in [1.807, 2.05) is 49.9 Å². The van der Waals surface area contributed by atoms with Crippen LogP contribution in [0.15, 0.2) is 24.3 Å². The van der Waals surface area contributed by atoms with Gasteiger partial charge in [-0.2, -0.15) is 0 Å². The summed E-state index contributed by atoms with van der Waals surface area (Å²) in [5.74, 6) is 0.0707. The molecular weight excluding hydrogens is 419 g/mol. The molecule has 24 heavy (non-hydrogen) atoms. The van der Waals surface area contributed by atoms with Crippen molar-refractivity contribution in [3.8, 4) is 0 Å². The Labute approximate surface area is 156 Å². The minimum absolute atomic E-state index is 0.0707. The van der Waals surface area contributed by atoms with Gasteiger partial charge in [0.05, 0.1) is 11.1 Å². The van der Waals surface area contributed by atoms with Crippen LogP contribution in [0.3, 0.4) is 0 Å². The van der Waals surface area contributed by atoms with Crippen LogP contribution in [0.5, 0.6) is 0 Å². The van der Waals surface area contributed by atoms with Crippen LogP contribution in [0.25, 0.3) is 0 Å². The first-order chi connectivity index (χ1) is 11.2. The Bertz CT molecular complexity index is 664. The van der Waals surface area contributed by atoms with Gasteiger partial charge in [0, 0.05) is 23.2 Å². The molecule has 1 aliphatic carbocycles. The molecule has 1 aromatic rings. The molecular formula is C18H23IN2O3. The molecule has 0 unspecified atom stereocenters. The minimum Gasteiger partial charge on any atom is -0.444 e. The Morgan fingerprint density at radius 2 is 1.83 bits per heavy atom. The van der Waals surface area contributed by atoms with Crippen molar-refractivity contribution in [3.05, 3.63) is 33.4 Å². The van der Waals surface area contributed by atoms with Crippen molar-refractivity contribution in [2.24, 2.45) is 0 Å². The van der Waals surface area contributed by atoms with E-state index in [9.17, 15) is 9.59 Å². The summed E-state index contributed by atoms with van der Waals surface area (Å²) in [4.78, 5) is 29.0. The predicted octanol–water partition coefficient (Wildman–Crippen LogP) is 3.52.